The van der Waals surface area contributed by atoms with Gasteiger partial charge in [0.2, 0.25) is 0 Å². The minimum absolute atomic E-state index is 0.0540. The van der Waals surface area contributed by atoms with E-state index < -0.39 is 0 Å². The molecule has 1 atom stereocenters. The molecule has 2 aromatic rings. The van der Waals surface area contributed by atoms with Crippen LogP contribution in [0.1, 0.15) is 22.6 Å². The van der Waals surface area contributed by atoms with Gasteiger partial charge in [0.05, 0.1) is 6.61 Å². The molecule has 19 heavy (non-hydrogen) atoms. The van der Waals surface area contributed by atoms with E-state index >= 15 is 0 Å². The fourth-order valence-corrected chi connectivity index (χ4v) is 2.15. The normalized spacial score (nSPS) is 12.4. The summed E-state index contributed by atoms with van der Waals surface area (Å²) in [4.78, 5) is 0. The molecule has 3 heteroatoms. The van der Waals surface area contributed by atoms with Gasteiger partial charge in [0.25, 0.3) is 0 Å². The standard InChI is InChI=1S/C16H16F2O/c1-11-2-5-16(18)9-13(11)8-14(10-19)12-3-6-15(17)7-4-12/h2-7,9,14,19H,8,10H2,1H3. The average molecular weight is 262 g/mol. The zero-order chi connectivity index (χ0) is 13.8. The highest BCUT2D eigenvalue weighted by molar-refractivity contribution is 5.30. The second-order valence-electron chi connectivity index (χ2n) is 4.71. The highest BCUT2D eigenvalue weighted by atomic mass is 19.1. The van der Waals surface area contributed by atoms with E-state index in [1.165, 1.54) is 24.3 Å². The Morgan fingerprint density at radius 1 is 1.00 bits per heavy atom. The smallest absolute Gasteiger partial charge is 0.123 e. The van der Waals surface area contributed by atoms with Gasteiger partial charge in [0, 0.05) is 5.92 Å². The van der Waals surface area contributed by atoms with Crippen LogP contribution >= 0.6 is 0 Å². The van der Waals surface area contributed by atoms with Crippen LogP contribution in [0.3, 0.4) is 0 Å². The number of aliphatic hydroxyl groups excluding tert-OH is 1. The third-order valence-corrected chi connectivity index (χ3v) is 3.34. The van der Waals surface area contributed by atoms with E-state index in [-0.39, 0.29) is 24.2 Å². The Hall–Kier alpha value is -1.74. The van der Waals surface area contributed by atoms with Crippen molar-refractivity contribution in [1.82, 2.24) is 0 Å². The first-order valence-corrected chi connectivity index (χ1v) is 6.21. The van der Waals surface area contributed by atoms with Crippen molar-refractivity contribution >= 4 is 0 Å². The second-order valence-corrected chi connectivity index (χ2v) is 4.71. The van der Waals surface area contributed by atoms with Crippen LogP contribution in [0, 0.1) is 18.6 Å². The summed E-state index contributed by atoms with van der Waals surface area (Å²) in [5, 5.41) is 9.48. The minimum Gasteiger partial charge on any atom is -0.396 e. The number of rotatable bonds is 4. The van der Waals surface area contributed by atoms with Gasteiger partial charge in [-0.2, -0.15) is 0 Å². The van der Waals surface area contributed by atoms with Crippen molar-refractivity contribution in [2.24, 2.45) is 0 Å². The summed E-state index contributed by atoms with van der Waals surface area (Å²) in [7, 11) is 0. The van der Waals surface area contributed by atoms with Gasteiger partial charge in [-0.15, -0.1) is 0 Å². The van der Waals surface area contributed by atoms with Gasteiger partial charge in [-0.1, -0.05) is 18.2 Å². The largest absolute Gasteiger partial charge is 0.396 e. The van der Waals surface area contributed by atoms with Gasteiger partial charge in [-0.25, -0.2) is 8.78 Å². The molecular weight excluding hydrogens is 246 g/mol. The highest BCUT2D eigenvalue weighted by Gasteiger charge is 2.13. The Morgan fingerprint density at radius 2 is 1.63 bits per heavy atom. The lowest BCUT2D eigenvalue weighted by molar-refractivity contribution is 0.264. The molecule has 0 amide bonds. The molecule has 0 fully saturated rings. The van der Waals surface area contributed by atoms with E-state index in [9.17, 15) is 13.9 Å². The van der Waals surface area contributed by atoms with Crippen LogP contribution in [0.5, 0.6) is 0 Å². The topological polar surface area (TPSA) is 20.2 Å². The molecule has 0 saturated heterocycles. The lowest BCUT2D eigenvalue weighted by atomic mass is 9.91. The summed E-state index contributed by atoms with van der Waals surface area (Å²) < 4.78 is 26.1. The van der Waals surface area contributed by atoms with E-state index in [0.29, 0.717) is 6.42 Å². The van der Waals surface area contributed by atoms with Crippen LogP contribution in [0.25, 0.3) is 0 Å². The lowest BCUT2D eigenvalue weighted by Crippen LogP contribution is -2.09. The summed E-state index contributed by atoms with van der Waals surface area (Å²) in [6.45, 7) is 1.86. The Morgan fingerprint density at radius 3 is 2.26 bits per heavy atom. The summed E-state index contributed by atoms with van der Waals surface area (Å²) in [6.07, 6.45) is 0.533. The Labute approximate surface area is 111 Å². The summed E-state index contributed by atoms with van der Waals surface area (Å²) >= 11 is 0. The quantitative estimate of drug-likeness (QED) is 0.892. The maximum absolute atomic E-state index is 13.2. The molecule has 0 radical (unpaired) electrons. The highest BCUT2D eigenvalue weighted by Crippen LogP contribution is 2.23. The van der Waals surface area contributed by atoms with E-state index in [4.69, 9.17) is 0 Å². The number of hydrogen-bond acceptors (Lipinski definition) is 1. The first kappa shape index (κ1) is 13.7. The Bertz CT molecular complexity index is 549. The molecular formula is C16H16F2O. The predicted molar refractivity (Wildman–Crippen MR) is 71.1 cm³/mol. The summed E-state index contributed by atoms with van der Waals surface area (Å²) in [6, 6.07) is 10.7. The van der Waals surface area contributed by atoms with Gasteiger partial charge < -0.3 is 5.11 Å². The predicted octanol–water partition coefficient (Wildman–Crippen LogP) is 3.59. The van der Waals surface area contributed by atoms with Crippen molar-refractivity contribution in [3.8, 4) is 0 Å². The molecule has 2 aromatic carbocycles. The molecule has 0 aliphatic carbocycles. The van der Waals surface area contributed by atoms with Crippen molar-refractivity contribution in [1.29, 1.82) is 0 Å². The van der Waals surface area contributed by atoms with Gasteiger partial charge >= 0.3 is 0 Å². The molecule has 0 spiro atoms. The molecule has 100 valence electrons. The number of halogens is 2. The molecule has 1 unspecified atom stereocenters. The SMILES string of the molecule is Cc1ccc(F)cc1CC(CO)c1ccc(F)cc1. The molecule has 0 aliphatic rings. The first-order valence-electron chi connectivity index (χ1n) is 6.21. The number of aryl methyl sites for hydroxylation is 1. The van der Waals surface area contributed by atoms with Crippen LogP contribution in [-0.2, 0) is 6.42 Å². The maximum atomic E-state index is 13.2. The summed E-state index contributed by atoms with van der Waals surface area (Å²) in [5.41, 5.74) is 2.71. The first-order chi connectivity index (χ1) is 9.10. The van der Waals surface area contributed by atoms with Crippen LogP contribution in [-0.4, -0.2) is 11.7 Å². The molecule has 1 N–H and O–H groups in total. The minimum atomic E-state index is -0.303. The number of aliphatic hydroxyl groups is 1. The Balaban J connectivity index is 2.23. The van der Waals surface area contributed by atoms with Crippen molar-refractivity contribution in [3.05, 3.63) is 70.8 Å². The molecule has 2 rings (SSSR count). The monoisotopic (exact) mass is 262 g/mol. The maximum Gasteiger partial charge on any atom is 0.123 e. The van der Waals surface area contributed by atoms with Crippen molar-refractivity contribution < 1.29 is 13.9 Å². The molecule has 0 aliphatic heterocycles. The third-order valence-electron chi connectivity index (χ3n) is 3.34. The van der Waals surface area contributed by atoms with Gasteiger partial charge in [0.1, 0.15) is 11.6 Å². The fourth-order valence-electron chi connectivity index (χ4n) is 2.15. The zero-order valence-electron chi connectivity index (χ0n) is 10.7. The molecule has 0 saturated carbocycles. The van der Waals surface area contributed by atoms with Gasteiger partial charge in [-0.3, -0.25) is 0 Å². The van der Waals surface area contributed by atoms with E-state index in [0.717, 1.165) is 16.7 Å². The third kappa shape index (κ3) is 3.38. The Kier molecular flexibility index (Phi) is 4.27. The number of benzene rings is 2. The van der Waals surface area contributed by atoms with Gasteiger partial charge in [-0.05, 0) is 54.3 Å². The van der Waals surface area contributed by atoms with Crippen LogP contribution in [0.4, 0.5) is 8.78 Å². The second kappa shape index (κ2) is 5.93. The van der Waals surface area contributed by atoms with E-state index in [2.05, 4.69) is 0 Å². The van der Waals surface area contributed by atoms with Crippen molar-refractivity contribution in [3.63, 3.8) is 0 Å². The average Bonchev–Trinajstić information content (AvgIpc) is 2.41. The molecule has 0 bridgehead atoms. The fraction of sp³-hybridized carbons (Fsp3) is 0.250. The van der Waals surface area contributed by atoms with E-state index in [1.807, 2.05) is 6.92 Å². The lowest BCUT2D eigenvalue weighted by Gasteiger charge is -2.16. The summed E-state index contributed by atoms with van der Waals surface area (Å²) in [5.74, 6) is -0.736. The molecule has 0 aromatic heterocycles. The zero-order valence-corrected chi connectivity index (χ0v) is 10.7. The van der Waals surface area contributed by atoms with Crippen molar-refractivity contribution in [2.45, 2.75) is 19.3 Å². The molecule has 0 heterocycles. The number of hydrogen-bond donors (Lipinski definition) is 1. The van der Waals surface area contributed by atoms with Crippen LogP contribution < -0.4 is 0 Å². The van der Waals surface area contributed by atoms with E-state index in [1.54, 1.807) is 18.2 Å². The van der Waals surface area contributed by atoms with Crippen LogP contribution in [0.15, 0.2) is 42.5 Å². The van der Waals surface area contributed by atoms with Crippen LogP contribution in [0.2, 0.25) is 0 Å². The molecule has 1 nitrogen and oxygen atoms in total. The van der Waals surface area contributed by atoms with Gasteiger partial charge in [0.15, 0.2) is 0 Å². The van der Waals surface area contributed by atoms with Crippen molar-refractivity contribution in [2.75, 3.05) is 6.61 Å².